The zero-order chi connectivity index (χ0) is 33.0. The highest BCUT2D eigenvalue weighted by Gasteiger charge is 2.17. The summed E-state index contributed by atoms with van der Waals surface area (Å²) in [5.74, 6) is 0. The van der Waals surface area contributed by atoms with Crippen LogP contribution in [-0.4, -0.2) is 0 Å². The average Bonchev–Trinajstić information content (AvgIpc) is 3.12. The van der Waals surface area contributed by atoms with Gasteiger partial charge in [0.15, 0.2) is 0 Å². The Morgan fingerprint density at radius 1 is 0.292 bits per heavy atom. The molecule has 0 fully saturated rings. The smallest absolute Gasteiger partial charge is 0.0661 e. The van der Waals surface area contributed by atoms with Crippen molar-refractivity contribution >= 4 is 80.5 Å². The SMILES string of the molecule is Clc1ccc(N(c2ccccc2)c2ccc(-c3ccc(-c4ccc(N(c5ccccc5)c5ccc(Cl)cc5Cl)cc4)cc3)cc2)c(Cl)c1. The van der Waals surface area contributed by atoms with Gasteiger partial charge in [0.05, 0.1) is 21.4 Å². The number of anilines is 6. The summed E-state index contributed by atoms with van der Waals surface area (Å²) < 4.78 is 0. The van der Waals surface area contributed by atoms with Crippen LogP contribution in [0.3, 0.4) is 0 Å². The molecule has 0 radical (unpaired) electrons. The average molecular weight is 703 g/mol. The van der Waals surface area contributed by atoms with E-state index in [2.05, 4.69) is 107 Å². The number of nitrogens with zero attached hydrogens (tertiary/aromatic N) is 2. The first-order valence-electron chi connectivity index (χ1n) is 15.4. The molecule has 2 nitrogen and oxygen atoms in total. The third-order valence-electron chi connectivity index (χ3n) is 8.13. The molecule has 0 unspecified atom stereocenters. The summed E-state index contributed by atoms with van der Waals surface area (Å²) in [4.78, 5) is 4.27. The lowest BCUT2D eigenvalue weighted by atomic mass is 9.99. The van der Waals surface area contributed by atoms with E-state index in [1.807, 2.05) is 60.7 Å². The van der Waals surface area contributed by atoms with E-state index in [1.165, 1.54) is 0 Å². The molecule has 0 aliphatic heterocycles. The molecule has 0 spiro atoms. The van der Waals surface area contributed by atoms with E-state index in [0.717, 1.165) is 56.4 Å². The molecule has 7 aromatic carbocycles. The standard InChI is InChI=1S/C42H28Cl4N2/c43-33-19-25-41(39(45)27-33)47(35-7-3-1-4-8-35)37-21-15-31(16-22-37)29-11-13-30(14-12-29)32-17-23-38(24-18-32)48(36-9-5-2-6-10-36)42-26-20-34(44)28-40(42)46/h1-28H. The van der Waals surface area contributed by atoms with Gasteiger partial charge in [-0.05, 0) is 107 Å². The van der Waals surface area contributed by atoms with Crippen LogP contribution in [0.25, 0.3) is 22.3 Å². The Balaban J connectivity index is 1.14. The zero-order valence-electron chi connectivity index (χ0n) is 25.6. The summed E-state index contributed by atoms with van der Waals surface area (Å²) >= 11 is 25.8. The van der Waals surface area contributed by atoms with E-state index in [-0.39, 0.29) is 0 Å². The van der Waals surface area contributed by atoms with Gasteiger partial charge in [-0.3, -0.25) is 0 Å². The number of hydrogen-bond acceptors (Lipinski definition) is 2. The second-order valence-corrected chi connectivity index (χ2v) is 12.9. The fourth-order valence-electron chi connectivity index (χ4n) is 5.79. The molecule has 0 aromatic heterocycles. The molecule has 0 aliphatic rings. The molecule has 48 heavy (non-hydrogen) atoms. The van der Waals surface area contributed by atoms with Crippen LogP contribution >= 0.6 is 46.4 Å². The number of rotatable bonds is 8. The molecule has 0 saturated carbocycles. The van der Waals surface area contributed by atoms with Crippen molar-refractivity contribution in [2.45, 2.75) is 0 Å². The van der Waals surface area contributed by atoms with Gasteiger partial charge in [-0.15, -0.1) is 0 Å². The second-order valence-electron chi connectivity index (χ2n) is 11.2. The van der Waals surface area contributed by atoms with Crippen LogP contribution < -0.4 is 9.80 Å². The molecule has 0 aliphatic carbocycles. The molecule has 0 atom stereocenters. The Kier molecular flexibility index (Phi) is 9.43. The molecule has 0 heterocycles. The number of para-hydroxylation sites is 2. The number of hydrogen-bond donors (Lipinski definition) is 0. The molecule has 7 aromatic rings. The first-order valence-corrected chi connectivity index (χ1v) is 16.9. The van der Waals surface area contributed by atoms with E-state index < -0.39 is 0 Å². The maximum absolute atomic E-state index is 6.67. The Morgan fingerprint density at radius 2 is 0.583 bits per heavy atom. The fraction of sp³-hybridized carbons (Fsp3) is 0. The van der Waals surface area contributed by atoms with Crippen molar-refractivity contribution in [1.82, 2.24) is 0 Å². The minimum absolute atomic E-state index is 0.584. The molecule has 0 saturated heterocycles. The fourth-order valence-corrected chi connectivity index (χ4v) is 6.78. The van der Waals surface area contributed by atoms with Crippen molar-refractivity contribution in [1.29, 1.82) is 0 Å². The lowest BCUT2D eigenvalue weighted by Crippen LogP contribution is -2.10. The minimum atomic E-state index is 0.584. The summed E-state index contributed by atoms with van der Waals surface area (Å²) in [6.07, 6.45) is 0. The van der Waals surface area contributed by atoms with E-state index in [4.69, 9.17) is 46.4 Å². The maximum Gasteiger partial charge on any atom is 0.0661 e. The molecule has 0 amide bonds. The Bertz CT molecular complexity index is 1990. The number of halogens is 4. The van der Waals surface area contributed by atoms with Gasteiger partial charge in [-0.25, -0.2) is 0 Å². The normalized spacial score (nSPS) is 10.9. The van der Waals surface area contributed by atoms with Crippen molar-refractivity contribution < 1.29 is 0 Å². The van der Waals surface area contributed by atoms with E-state index in [1.54, 1.807) is 12.1 Å². The quantitative estimate of drug-likeness (QED) is 0.156. The van der Waals surface area contributed by atoms with Gasteiger partial charge in [-0.2, -0.15) is 0 Å². The van der Waals surface area contributed by atoms with Gasteiger partial charge in [-0.1, -0.05) is 131 Å². The third kappa shape index (κ3) is 6.80. The Morgan fingerprint density at radius 3 is 0.896 bits per heavy atom. The molecule has 0 bridgehead atoms. The van der Waals surface area contributed by atoms with Crippen molar-refractivity contribution in [3.8, 4) is 22.3 Å². The number of benzene rings is 7. The van der Waals surface area contributed by atoms with Crippen LogP contribution in [-0.2, 0) is 0 Å². The monoisotopic (exact) mass is 700 g/mol. The minimum Gasteiger partial charge on any atom is -0.309 e. The summed E-state index contributed by atoms with van der Waals surface area (Å²) in [7, 11) is 0. The summed E-state index contributed by atoms with van der Waals surface area (Å²) in [5, 5.41) is 2.37. The molecule has 234 valence electrons. The van der Waals surface area contributed by atoms with Crippen LogP contribution in [0.4, 0.5) is 34.1 Å². The van der Waals surface area contributed by atoms with E-state index >= 15 is 0 Å². The van der Waals surface area contributed by atoms with Gasteiger partial charge >= 0.3 is 0 Å². The van der Waals surface area contributed by atoms with Crippen LogP contribution in [0, 0.1) is 0 Å². The Labute approximate surface area is 301 Å². The van der Waals surface area contributed by atoms with Crippen molar-refractivity contribution in [3.05, 3.63) is 190 Å². The van der Waals surface area contributed by atoms with Gasteiger partial charge in [0.25, 0.3) is 0 Å². The van der Waals surface area contributed by atoms with Gasteiger partial charge < -0.3 is 9.80 Å². The van der Waals surface area contributed by atoms with Crippen LogP contribution in [0.15, 0.2) is 170 Å². The molecular weight excluding hydrogens is 674 g/mol. The molecular formula is C42H28Cl4N2. The third-order valence-corrected chi connectivity index (χ3v) is 9.21. The molecule has 7 rings (SSSR count). The summed E-state index contributed by atoms with van der Waals surface area (Å²) in [6, 6.07) is 57.1. The van der Waals surface area contributed by atoms with Crippen molar-refractivity contribution in [3.63, 3.8) is 0 Å². The Hall–Kier alpha value is -4.70. The highest BCUT2D eigenvalue weighted by atomic mass is 35.5. The lowest BCUT2D eigenvalue weighted by molar-refractivity contribution is 1.28. The summed E-state index contributed by atoms with van der Waals surface area (Å²) in [5.41, 5.74) is 10.2. The topological polar surface area (TPSA) is 6.48 Å². The van der Waals surface area contributed by atoms with Crippen LogP contribution in [0.2, 0.25) is 20.1 Å². The lowest BCUT2D eigenvalue weighted by Gasteiger charge is -2.26. The summed E-state index contributed by atoms with van der Waals surface area (Å²) in [6.45, 7) is 0. The molecule has 6 heteroatoms. The van der Waals surface area contributed by atoms with Gasteiger partial charge in [0, 0.05) is 32.8 Å². The van der Waals surface area contributed by atoms with Crippen LogP contribution in [0.5, 0.6) is 0 Å². The van der Waals surface area contributed by atoms with Crippen LogP contribution in [0.1, 0.15) is 0 Å². The van der Waals surface area contributed by atoms with Gasteiger partial charge in [0.2, 0.25) is 0 Å². The van der Waals surface area contributed by atoms with Crippen molar-refractivity contribution in [2.24, 2.45) is 0 Å². The predicted octanol–water partition coefficient (Wildman–Crippen LogP) is 14.6. The van der Waals surface area contributed by atoms with E-state index in [0.29, 0.717) is 20.1 Å². The second kappa shape index (κ2) is 14.2. The maximum atomic E-state index is 6.67. The predicted molar refractivity (Wildman–Crippen MR) is 207 cm³/mol. The van der Waals surface area contributed by atoms with E-state index in [9.17, 15) is 0 Å². The first-order chi connectivity index (χ1) is 23.4. The highest BCUT2D eigenvalue weighted by molar-refractivity contribution is 6.37. The zero-order valence-corrected chi connectivity index (χ0v) is 28.6. The first kappa shape index (κ1) is 31.9. The van der Waals surface area contributed by atoms with Gasteiger partial charge in [0.1, 0.15) is 0 Å². The largest absolute Gasteiger partial charge is 0.309 e. The van der Waals surface area contributed by atoms with Crippen molar-refractivity contribution in [2.75, 3.05) is 9.80 Å². The molecule has 0 N–H and O–H groups in total. The highest BCUT2D eigenvalue weighted by Crippen LogP contribution is 2.42.